The summed E-state index contributed by atoms with van der Waals surface area (Å²) < 4.78 is 0. The number of H-pyrrole nitrogens is 1. The second-order valence-corrected chi connectivity index (χ2v) is 4.97. The Hall–Kier alpha value is -0.870. The summed E-state index contributed by atoms with van der Waals surface area (Å²) in [6.45, 7) is 5.65. The number of hydrogen-bond donors (Lipinski definition) is 2. The lowest BCUT2D eigenvalue weighted by atomic mass is 10.2. The molecule has 0 radical (unpaired) electrons. The largest absolute Gasteiger partial charge is 0.315 e. The Morgan fingerprint density at radius 2 is 2.25 bits per heavy atom. The molecule has 2 fully saturated rings. The molecule has 3 rings (SSSR count). The van der Waals surface area contributed by atoms with Gasteiger partial charge in [-0.3, -0.25) is 10.00 Å². The first kappa shape index (κ1) is 10.3. The minimum absolute atomic E-state index is 0.760. The Kier molecular flexibility index (Phi) is 2.93. The van der Waals surface area contributed by atoms with Gasteiger partial charge >= 0.3 is 0 Å². The number of aromatic amines is 1. The number of rotatable bonds is 3. The van der Waals surface area contributed by atoms with Crippen LogP contribution < -0.4 is 5.32 Å². The van der Waals surface area contributed by atoms with Crippen molar-refractivity contribution in [3.05, 3.63) is 17.5 Å². The van der Waals surface area contributed by atoms with Crippen LogP contribution in [-0.4, -0.2) is 41.3 Å². The molecule has 0 spiro atoms. The molecule has 2 aliphatic rings. The van der Waals surface area contributed by atoms with Crippen molar-refractivity contribution in [1.82, 2.24) is 20.4 Å². The van der Waals surface area contributed by atoms with E-state index >= 15 is 0 Å². The Morgan fingerprint density at radius 3 is 3.12 bits per heavy atom. The van der Waals surface area contributed by atoms with Crippen molar-refractivity contribution in [2.75, 3.05) is 26.2 Å². The summed E-state index contributed by atoms with van der Waals surface area (Å²) in [6, 6.07) is 2.26. The summed E-state index contributed by atoms with van der Waals surface area (Å²) in [7, 11) is 0. The molecule has 4 nitrogen and oxygen atoms in total. The highest BCUT2D eigenvalue weighted by Crippen LogP contribution is 2.39. The van der Waals surface area contributed by atoms with Crippen molar-refractivity contribution in [2.24, 2.45) is 0 Å². The molecule has 16 heavy (non-hydrogen) atoms. The molecule has 0 amide bonds. The van der Waals surface area contributed by atoms with E-state index in [0.29, 0.717) is 0 Å². The van der Waals surface area contributed by atoms with Gasteiger partial charge in [-0.25, -0.2) is 0 Å². The molecule has 1 aromatic rings. The van der Waals surface area contributed by atoms with Crippen LogP contribution >= 0.6 is 0 Å². The molecule has 88 valence electrons. The van der Waals surface area contributed by atoms with Crippen LogP contribution in [0.1, 0.15) is 36.6 Å². The molecule has 0 atom stereocenters. The van der Waals surface area contributed by atoms with Gasteiger partial charge in [0.25, 0.3) is 0 Å². The van der Waals surface area contributed by atoms with Gasteiger partial charge < -0.3 is 5.32 Å². The molecule has 0 bridgehead atoms. The predicted molar refractivity (Wildman–Crippen MR) is 63.3 cm³/mol. The predicted octanol–water partition coefficient (Wildman–Crippen LogP) is 1.08. The fourth-order valence-corrected chi connectivity index (χ4v) is 2.35. The third-order valence-corrected chi connectivity index (χ3v) is 3.47. The van der Waals surface area contributed by atoms with Crippen molar-refractivity contribution < 1.29 is 0 Å². The van der Waals surface area contributed by atoms with Gasteiger partial charge in [-0.1, -0.05) is 0 Å². The smallest absolute Gasteiger partial charge is 0.0656 e. The zero-order chi connectivity index (χ0) is 10.8. The lowest BCUT2D eigenvalue weighted by Crippen LogP contribution is -2.27. The van der Waals surface area contributed by atoms with Crippen molar-refractivity contribution in [3.63, 3.8) is 0 Å². The molecule has 1 saturated heterocycles. The number of aromatic nitrogens is 2. The second-order valence-electron chi connectivity index (χ2n) is 4.97. The van der Waals surface area contributed by atoms with Crippen LogP contribution in [0.4, 0.5) is 0 Å². The summed E-state index contributed by atoms with van der Waals surface area (Å²) in [6.07, 6.45) is 3.92. The summed E-state index contributed by atoms with van der Waals surface area (Å²) in [5, 5.41) is 11.0. The molecule has 1 aromatic heterocycles. The highest BCUT2D eigenvalue weighted by Gasteiger charge is 2.26. The minimum atomic E-state index is 0.760. The van der Waals surface area contributed by atoms with E-state index in [2.05, 4.69) is 26.5 Å². The fraction of sp³-hybridized carbons (Fsp3) is 0.750. The SMILES string of the molecule is c1c(C2CC2)n[nH]c1CN1CCCNCC1. The topological polar surface area (TPSA) is 44.0 Å². The molecule has 2 N–H and O–H groups in total. The highest BCUT2D eigenvalue weighted by atomic mass is 15.2. The Morgan fingerprint density at radius 1 is 1.31 bits per heavy atom. The van der Waals surface area contributed by atoms with E-state index in [1.165, 1.54) is 37.2 Å². The molecular weight excluding hydrogens is 200 g/mol. The van der Waals surface area contributed by atoms with Gasteiger partial charge in [0.05, 0.1) is 5.69 Å². The fourth-order valence-electron chi connectivity index (χ4n) is 2.35. The lowest BCUT2D eigenvalue weighted by molar-refractivity contribution is 0.281. The first-order chi connectivity index (χ1) is 7.92. The summed E-state index contributed by atoms with van der Waals surface area (Å²) in [4.78, 5) is 2.50. The van der Waals surface area contributed by atoms with Crippen LogP contribution in [0.5, 0.6) is 0 Å². The van der Waals surface area contributed by atoms with Crippen molar-refractivity contribution >= 4 is 0 Å². The normalized spacial score (nSPS) is 23.2. The minimum Gasteiger partial charge on any atom is -0.315 e. The van der Waals surface area contributed by atoms with Gasteiger partial charge in [0.1, 0.15) is 0 Å². The van der Waals surface area contributed by atoms with Gasteiger partial charge in [-0.15, -0.1) is 0 Å². The van der Waals surface area contributed by atoms with Gasteiger partial charge in [0, 0.05) is 31.2 Å². The average Bonchev–Trinajstić information content (AvgIpc) is 3.07. The molecular formula is C12H20N4. The third kappa shape index (κ3) is 2.44. The summed E-state index contributed by atoms with van der Waals surface area (Å²) in [5.74, 6) is 0.760. The first-order valence-corrected chi connectivity index (χ1v) is 6.39. The molecule has 1 saturated carbocycles. The molecule has 1 aliphatic carbocycles. The van der Waals surface area contributed by atoms with Crippen molar-refractivity contribution in [1.29, 1.82) is 0 Å². The Labute approximate surface area is 96.4 Å². The van der Waals surface area contributed by atoms with Crippen LogP contribution in [0.25, 0.3) is 0 Å². The average molecular weight is 220 g/mol. The van der Waals surface area contributed by atoms with E-state index in [1.807, 2.05) is 0 Å². The molecule has 1 aliphatic heterocycles. The van der Waals surface area contributed by atoms with E-state index in [1.54, 1.807) is 0 Å². The second kappa shape index (κ2) is 4.55. The van der Waals surface area contributed by atoms with E-state index < -0.39 is 0 Å². The van der Waals surface area contributed by atoms with Crippen molar-refractivity contribution in [2.45, 2.75) is 31.7 Å². The van der Waals surface area contributed by atoms with Gasteiger partial charge in [0.15, 0.2) is 0 Å². The number of nitrogens with zero attached hydrogens (tertiary/aromatic N) is 2. The quantitative estimate of drug-likeness (QED) is 0.801. The van der Waals surface area contributed by atoms with Gasteiger partial charge in [-0.05, 0) is 38.4 Å². The first-order valence-electron chi connectivity index (χ1n) is 6.39. The van der Waals surface area contributed by atoms with E-state index in [4.69, 9.17) is 0 Å². The third-order valence-electron chi connectivity index (χ3n) is 3.47. The van der Waals surface area contributed by atoms with Crippen molar-refractivity contribution in [3.8, 4) is 0 Å². The molecule has 4 heteroatoms. The maximum atomic E-state index is 4.40. The van der Waals surface area contributed by atoms with E-state index in [9.17, 15) is 0 Å². The zero-order valence-corrected chi connectivity index (χ0v) is 9.71. The maximum absolute atomic E-state index is 4.40. The lowest BCUT2D eigenvalue weighted by Gasteiger charge is -2.17. The standard InChI is InChI=1S/C12H20N4/c1-4-13-5-7-16(6-1)9-11-8-12(15-14-11)10-2-3-10/h8,10,13H,1-7,9H2,(H,14,15). The monoisotopic (exact) mass is 220 g/mol. The summed E-state index contributed by atoms with van der Waals surface area (Å²) in [5.41, 5.74) is 2.56. The van der Waals surface area contributed by atoms with E-state index in [0.717, 1.165) is 32.1 Å². The molecule has 0 aromatic carbocycles. The van der Waals surface area contributed by atoms with Gasteiger partial charge in [-0.2, -0.15) is 5.10 Å². The molecule has 0 unspecified atom stereocenters. The Balaban J connectivity index is 1.58. The van der Waals surface area contributed by atoms with Gasteiger partial charge in [0.2, 0.25) is 0 Å². The zero-order valence-electron chi connectivity index (χ0n) is 9.71. The van der Waals surface area contributed by atoms with Crippen LogP contribution in [0.2, 0.25) is 0 Å². The summed E-state index contributed by atoms with van der Waals surface area (Å²) >= 11 is 0. The van der Waals surface area contributed by atoms with Crippen LogP contribution in [0.3, 0.4) is 0 Å². The van der Waals surface area contributed by atoms with Crippen LogP contribution in [0.15, 0.2) is 6.07 Å². The van der Waals surface area contributed by atoms with Crippen LogP contribution in [0, 0.1) is 0 Å². The maximum Gasteiger partial charge on any atom is 0.0656 e. The van der Waals surface area contributed by atoms with E-state index in [-0.39, 0.29) is 0 Å². The highest BCUT2D eigenvalue weighted by molar-refractivity contribution is 5.17. The molecule has 2 heterocycles. The number of hydrogen-bond acceptors (Lipinski definition) is 3. The Bertz CT molecular complexity index is 335. The van der Waals surface area contributed by atoms with Crippen LogP contribution in [-0.2, 0) is 6.54 Å². The number of nitrogens with one attached hydrogen (secondary N) is 2.